The number of benzene rings is 1. The van der Waals surface area contributed by atoms with Crippen LogP contribution in [0.5, 0.6) is 0 Å². The number of fused-ring (bicyclic) bond motifs is 1. The number of halogens is 1. The van der Waals surface area contributed by atoms with E-state index in [-0.39, 0.29) is 11.5 Å². The topological polar surface area (TPSA) is 39.0 Å². The van der Waals surface area contributed by atoms with E-state index < -0.39 is 0 Å². The average molecular weight is 223 g/mol. The zero-order valence-corrected chi connectivity index (χ0v) is 9.33. The molecule has 0 saturated carbocycles. The Morgan fingerprint density at radius 2 is 2.12 bits per heavy atom. The van der Waals surface area contributed by atoms with Crippen molar-refractivity contribution in [3.63, 3.8) is 0 Å². The number of aryl methyl sites for hydroxylation is 1. The molecule has 0 amide bonds. The zero-order chi connectivity index (χ0) is 11.7. The fourth-order valence-corrected chi connectivity index (χ4v) is 1.82. The van der Waals surface area contributed by atoms with Crippen molar-refractivity contribution in [2.45, 2.75) is 6.54 Å². The first-order valence-electron chi connectivity index (χ1n) is 5.14. The molecule has 2 aromatic rings. The summed E-state index contributed by atoms with van der Waals surface area (Å²) >= 11 is 0. The molecule has 0 spiro atoms. The van der Waals surface area contributed by atoms with Crippen LogP contribution in [0.25, 0.3) is 11.0 Å². The van der Waals surface area contributed by atoms with Gasteiger partial charge in [-0.3, -0.25) is 9.13 Å². The van der Waals surface area contributed by atoms with Crippen molar-refractivity contribution >= 4 is 11.0 Å². The van der Waals surface area contributed by atoms with E-state index >= 15 is 0 Å². The van der Waals surface area contributed by atoms with Gasteiger partial charge in [-0.1, -0.05) is 0 Å². The number of hydrogen-bond donors (Lipinski definition) is 1. The molecule has 0 atom stereocenters. The van der Waals surface area contributed by atoms with Crippen LogP contribution >= 0.6 is 0 Å². The fourth-order valence-electron chi connectivity index (χ4n) is 1.82. The normalized spacial score (nSPS) is 11.2. The zero-order valence-electron chi connectivity index (χ0n) is 9.33. The second-order valence-electron chi connectivity index (χ2n) is 3.73. The van der Waals surface area contributed by atoms with Crippen molar-refractivity contribution in [1.82, 2.24) is 14.5 Å². The molecule has 16 heavy (non-hydrogen) atoms. The standard InChI is InChI=1S/C11H14FN3O/c1-13-5-6-15-9-4-3-8(12)7-10(9)14(2)11(15)16/h3-4,7,13H,5-6H2,1-2H3. The van der Waals surface area contributed by atoms with E-state index in [2.05, 4.69) is 5.32 Å². The first-order valence-corrected chi connectivity index (χ1v) is 5.14. The van der Waals surface area contributed by atoms with Crippen LogP contribution in [0.1, 0.15) is 0 Å². The second kappa shape index (κ2) is 4.09. The van der Waals surface area contributed by atoms with Gasteiger partial charge in [0.05, 0.1) is 11.0 Å². The Balaban J connectivity index is 2.64. The van der Waals surface area contributed by atoms with Crippen molar-refractivity contribution in [3.8, 4) is 0 Å². The number of nitrogens with one attached hydrogen (secondary N) is 1. The second-order valence-corrected chi connectivity index (χ2v) is 3.73. The quantitative estimate of drug-likeness (QED) is 0.832. The summed E-state index contributed by atoms with van der Waals surface area (Å²) in [6.45, 7) is 1.29. The molecular weight excluding hydrogens is 209 g/mol. The first kappa shape index (κ1) is 10.9. The smallest absolute Gasteiger partial charge is 0.318 e. The van der Waals surface area contributed by atoms with Gasteiger partial charge in [-0.05, 0) is 25.2 Å². The lowest BCUT2D eigenvalue weighted by Crippen LogP contribution is -2.26. The summed E-state index contributed by atoms with van der Waals surface area (Å²) in [5, 5.41) is 2.99. The highest BCUT2D eigenvalue weighted by molar-refractivity contribution is 5.76. The Morgan fingerprint density at radius 3 is 2.81 bits per heavy atom. The van der Waals surface area contributed by atoms with Crippen molar-refractivity contribution in [3.05, 3.63) is 34.5 Å². The molecule has 1 aromatic carbocycles. The third-order valence-electron chi connectivity index (χ3n) is 2.69. The van der Waals surface area contributed by atoms with Crippen LogP contribution in [-0.2, 0) is 13.6 Å². The minimum Gasteiger partial charge on any atom is -0.318 e. The summed E-state index contributed by atoms with van der Waals surface area (Å²) in [5.74, 6) is -0.325. The molecule has 2 rings (SSSR count). The molecule has 0 fully saturated rings. The number of rotatable bonds is 3. The summed E-state index contributed by atoms with van der Waals surface area (Å²) in [4.78, 5) is 11.9. The van der Waals surface area contributed by atoms with Gasteiger partial charge in [-0.15, -0.1) is 0 Å². The third-order valence-corrected chi connectivity index (χ3v) is 2.69. The minimum atomic E-state index is -0.325. The number of likely N-dealkylation sites (N-methyl/N-ethyl adjacent to an activating group) is 1. The van der Waals surface area contributed by atoms with E-state index in [0.717, 1.165) is 5.52 Å². The maximum atomic E-state index is 13.1. The highest BCUT2D eigenvalue weighted by Gasteiger charge is 2.10. The van der Waals surface area contributed by atoms with E-state index in [0.29, 0.717) is 18.6 Å². The van der Waals surface area contributed by atoms with E-state index in [1.807, 2.05) is 7.05 Å². The molecule has 0 saturated heterocycles. The van der Waals surface area contributed by atoms with Crippen molar-refractivity contribution < 1.29 is 4.39 Å². The molecule has 1 heterocycles. The minimum absolute atomic E-state index is 0.115. The Labute approximate surface area is 92.3 Å². The monoisotopic (exact) mass is 223 g/mol. The molecule has 1 N–H and O–H groups in total. The lowest BCUT2D eigenvalue weighted by Gasteiger charge is -2.01. The Kier molecular flexibility index (Phi) is 2.78. The summed E-state index contributed by atoms with van der Waals surface area (Å²) in [7, 11) is 3.48. The third kappa shape index (κ3) is 1.63. The van der Waals surface area contributed by atoms with Crippen LogP contribution in [0, 0.1) is 5.82 Å². The highest BCUT2D eigenvalue weighted by atomic mass is 19.1. The lowest BCUT2D eigenvalue weighted by molar-refractivity contribution is 0.626. The van der Waals surface area contributed by atoms with E-state index in [1.165, 1.54) is 16.7 Å². The van der Waals surface area contributed by atoms with E-state index in [9.17, 15) is 9.18 Å². The fraction of sp³-hybridized carbons (Fsp3) is 0.364. The molecule has 0 unspecified atom stereocenters. The van der Waals surface area contributed by atoms with Gasteiger partial charge in [0.25, 0.3) is 0 Å². The molecule has 5 heteroatoms. The Bertz CT molecular complexity index is 570. The summed E-state index contributed by atoms with van der Waals surface area (Å²) in [6.07, 6.45) is 0. The number of hydrogen-bond acceptors (Lipinski definition) is 2. The van der Waals surface area contributed by atoms with E-state index in [1.54, 1.807) is 17.7 Å². The van der Waals surface area contributed by atoms with Crippen LogP contribution in [0.3, 0.4) is 0 Å². The van der Waals surface area contributed by atoms with Crippen LogP contribution in [-0.4, -0.2) is 22.7 Å². The molecule has 4 nitrogen and oxygen atoms in total. The maximum Gasteiger partial charge on any atom is 0.328 e. The van der Waals surface area contributed by atoms with E-state index in [4.69, 9.17) is 0 Å². The molecule has 0 radical (unpaired) electrons. The van der Waals surface area contributed by atoms with Crippen LogP contribution in [0.4, 0.5) is 4.39 Å². The van der Waals surface area contributed by atoms with Gasteiger partial charge >= 0.3 is 5.69 Å². The predicted molar refractivity (Wildman–Crippen MR) is 61.1 cm³/mol. The van der Waals surface area contributed by atoms with Crippen molar-refractivity contribution in [2.24, 2.45) is 7.05 Å². The maximum absolute atomic E-state index is 13.1. The van der Waals surface area contributed by atoms with Gasteiger partial charge in [0.1, 0.15) is 5.82 Å². The Morgan fingerprint density at radius 1 is 1.38 bits per heavy atom. The van der Waals surface area contributed by atoms with Gasteiger partial charge in [-0.2, -0.15) is 0 Å². The summed E-state index contributed by atoms with van der Waals surface area (Å²) < 4.78 is 16.2. The van der Waals surface area contributed by atoms with Gasteiger partial charge in [0, 0.05) is 20.1 Å². The molecule has 0 aliphatic heterocycles. The van der Waals surface area contributed by atoms with Gasteiger partial charge in [0.15, 0.2) is 0 Å². The Hall–Kier alpha value is -1.62. The van der Waals surface area contributed by atoms with Crippen LogP contribution in [0.15, 0.2) is 23.0 Å². The first-order chi connectivity index (χ1) is 7.65. The highest BCUT2D eigenvalue weighted by Crippen LogP contribution is 2.13. The molecular formula is C11H14FN3O. The van der Waals surface area contributed by atoms with Gasteiger partial charge in [0.2, 0.25) is 0 Å². The van der Waals surface area contributed by atoms with Crippen molar-refractivity contribution in [2.75, 3.05) is 13.6 Å². The lowest BCUT2D eigenvalue weighted by atomic mass is 10.3. The summed E-state index contributed by atoms with van der Waals surface area (Å²) in [6, 6.07) is 4.39. The van der Waals surface area contributed by atoms with Crippen LogP contribution in [0.2, 0.25) is 0 Å². The average Bonchev–Trinajstić information content (AvgIpc) is 2.50. The number of nitrogens with zero attached hydrogens (tertiary/aromatic N) is 2. The molecule has 86 valence electrons. The summed E-state index contributed by atoms with van der Waals surface area (Å²) in [5.41, 5.74) is 1.28. The SMILES string of the molecule is CNCCn1c(=O)n(C)c2cc(F)ccc21. The molecule has 1 aromatic heterocycles. The number of aromatic nitrogens is 2. The molecule has 0 aliphatic carbocycles. The van der Waals surface area contributed by atoms with Gasteiger partial charge < -0.3 is 5.32 Å². The molecule has 0 bridgehead atoms. The van der Waals surface area contributed by atoms with Gasteiger partial charge in [-0.25, -0.2) is 9.18 Å². The predicted octanol–water partition coefficient (Wildman–Crippen LogP) is 0.698. The number of imidazole rings is 1. The van der Waals surface area contributed by atoms with Crippen molar-refractivity contribution in [1.29, 1.82) is 0 Å². The largest absolute Gasteiger partial charge is 0.328 e. The van der Waals surface area contributed by atoms with Crippen LogP contribution < -0.4 is 11.0 Å². The molecule has 0 aliphatic rings.